The maximum Gasteiger partial charge on any atom is 0.185 e. The number of carbonyl (C=O) groups is 1. The molecule has 0 saturated carbocycles. The minimum atomic E-state index is -0.0391. The van der Waals surface area contributed by atoms with Gasteiger partial charge in [-0.1, -0.05) is 72.8 Å². The molecule has 0 atom stereocenters. The molecule has 0 fully saturated rings. The summed E-state index contributed by atoms with van der Waals surface area (Å²) in [7, 11) is 0. The fourth-order valence-corrected chi connectivity index (χ4v) is 3.26. The molecule has 4 aromatic rings. The molecule has 0 amide bonds. The number of benzene rings is 4. The molecule has 0 unspecified atom stereocenters. The van der Waals surface area contributed by atoms with Crippen LogP contribution in [0.1, 0.15) is 15.9 Å². The lowest BCUT2D eigenvalue weighted by Gasteiger charge is -2.10. The van der Waals surface area contributed by atoms with Crippen molar-refractivity contribution in [2.45, 2.75) is 0 Å². The average Bonchev–Trinajstić information content (AvgIpc) is 2.72. The monoisotopic (exact) mass is 349 g/mol. The van der Waals surface area contributed by atoms with E-state index in [1.54, 1.807) is 30.3 Å². The molecule has 130 valence electrons. The summed E-state index contributed by atoms with van der Waals surface area (Å²) in [6.45, 7) is 0. The van der Waals surface area contributed by atoms with Crippen LogP contribution < -0.4 is 5.73 Å². The van der Waals surface area contributed by atoms with E-state index in [0.717, 1.165) is 16.7 Å². The summed E-state index contributed by atoms with van der Waals surface area (Å²) >= 11 is 0. The predicted octanol–water partition coefficient (Wildman–Crippen LogP) is 5.99. The van der Waals surface area contributed by atoms with Gasteiger partial charge in [-0.05, 0) is 57.8 Å². The smallest absolute Gasteiger partial charge is 0.185 e. The van der Waals surface area contributed by atoms with Gasteiger partial charge in [0.1, 0.15) is 0 Å². The Kier molecular flexibility index (Phi) is 4.54. The summed E-state index contributed by atoms with van der Waals surface area (Å²) in [6, 6.07) is 29.8. The summed E-state index contributed by atoms with van der Waals surface area (Å²) in [5.74, 6) is -0.0391. The van der Waals surface area contributed by atoms with Crippen LogP contribution in [-0.2, 0) is 0 Å². The molecular weight excluding hydrogens is 330 g/mol. The molecule has 4 aromatic carbocycles. The number of fused-ring (bicyclic) bond motifs is 1. The summed E-state index contributed by atoms with van der Waals surface area (Å²) in [4.78, 5) is 12.5. The third kappa shape index (κ3) is 3.51. The third-order valence-electron chi connectivity index (χ3n) is 4.65. The van der Waals surface area contributed by atoms with Gasteiger partial charge in [0.15, 0.2) is 5.78 Å². The molecule has 4 rings (SSSR count). The Hall–Kier alpha value is -3.65. The number of allylic oxidation sites excluding steroid dienone is 1. The first-order valence-corrected chi connectivity index (χ1v) is 8.87. The van der Waals surface area contributed by atoms with E-state index in [0.29, 0.717) is 11.3 Å². The molecule has 0 radical (unpaired) electrons. The number of nitrogen functional groups attached to an aromatic ring is 1. The molecule has 2 nitrogen and oxygen atoms in total. The van der Waals surface area contributed by atoms with Gasteiger partial charge in [0.2, 0.25) is 0 Å². The summed E-state index contributed by atoms with van der Waals surface area (Å²) in [5.41, 5.74) is 10.2. The Balaban J connectivity index is 1.73. The second-order valence-corrected chi connectivity index (χ2v) is 6.43. The molecule has 0 heterocycles. The van der Waals surface area contributed by atoms with Crippen molar-refractivity contribution in [3.8, 4) is 11.1 Å². The Morgan fingerprint density at radius 2 is 1.37 bits per heavy atom. The summed E-state index contributed by atoms with van der Waals surface area (Å²) < 4.78 is 0. The highest BCUT2D eigenvalue weighted by Gasteiger charge is 2.07. The fraction of sp³-hybridized carbons (Fsp3) is 0. The lowest BCUT2D eigenvalue weighted by atomic mass is 9.94. The van der Waals surface area contributed by atoms with Crippen LogP contribution in [0.25, 0.3) is 28.0 Å². The van der Waals surface area contributed by atoms with E-state index in [1.165, 1.54) is 10.8 Å². The summed E-state index contributed by atoms with van der Waals surface area (Å²) in [6.07, 6.45) is 3.51. The number of hydrogen-bond donors (Lipinski definition) is 1. The highest BCUT2D eigenvalue weighted by Crippen LogP contribution is 2.31. The van der Waals surface area contributed by atoms with E-state index in [9.17, 15) is 4.79 Å². The molecule has 0 aliphatic heterocycles. The van der Waals surface area contributed by atoms with Crippen molar-refractivity contribution in [2.24, 2.45) is 0 Å². The fourth-order valence-electron chi connectivity index (χ4n) is 3.26. The standard InChI is InChI=1S/C25H19NO/c26-21-15-12-20(13-16-21)25(27)17-14-19-7-2-4-10-23(19)24-11-5-8-18-6-1-3-9-22(18)24/h1-17H,26H2. The first-order chi connectivity index (χ1) is 13.2. The van der Waals surface area contributed by atoms with E-state index >= 15 is 0 Å². The minimum absolute atomic E-state index is 0.0391. The number of rotatable bonds is 4. The quantitative estimate of drug-likeness (QED) is 0.279. The van der Waals surface area contributed by atoms with E-state index in [2.05, 4.69) is 42.5 Å². The molecule has 0 bridgehead atoms. The molecule has 0 spiro atoms. The molecular formula is C25H19NO. The van der Waals surface area contributed by atoms with Crippen molar-refractivity contribution in [2.75, 3.05) is 5.73 Å². The highest BCUT2D eigenvalue weighted by molar-refractivity contribution is 6.07. The van der Waals surface area contributed by atoms with E-state index in [4.69, 9.17) is 5.73 Å². The second kappa shape index (κ2) is 7.30. The van der Waals surface area contributed by atoms with E-state index in [-0.39, 0.29) is 5.78 Å². The molecule has 0 saturated heterocycles. The van der Waals surface area contributed by atoms with Crippen molar-refractivity contribution in [3.63, 3.8) is 0 Å². The van der Waals surface area contributed by atoms with Gasteiger partial charge < -0.3 is 5.73 Å². The number of anilines is 1. The molecule has 27 heavy (non-hydrogen) atoms. The van der Waals surface area contributed by atoms with Crippen LogP contribution in [-0.4, -0.2) is 5.78 Å². The lowest BCUT2D eigenvalue weighted by molar-refractivity contribution is 0.104. The number of ketones is 1. The summed E-state index contributed by atoms with van der Waals surface area (Å²) in [5, 5.41) is 2.40. The van der Waals surface area contributed by atoms with Crippen LogP contribution >= 0.6 is 0 Å². The number of nitrogens with two attached hydrogens (primary N) is 1. The molecule has 0 aliphatic rings. The zero-order valence-corrected chi connectivity index (χ0v) is 14.8. The van der Waals surface area contributed by atoms with Crippen molar-refractivity contribution in [1.82, 2.24) is 0 Å². The van der Waals surface area contributed by atoms with Gasteiger partial charge >= 0.3 is 0 Å². The third-order valence-corrected chi connectivity index (χ3v) is 4.65. The largest absolute Gasteiger partial charge is 0.399 e. The predicted molar refractivity (Wildman–Crippen MR) is 114 cm³/mol. The van der Waals surface area contributed by atoms with Gasteiger partial charge in [-0.25, -0.2) is 0 Å². The number of carbonyl (C=O) groups excluding carboxylic acids is 1. The SMILES string of the molecule is Nc1ccc(C(=O)C=Cc2ccccc2-c2cccc3ccccc23)cc1. The van der Waals surface area contributed by atoms with Gasteiger partial charge in [-0.2, -0.15) is 0 Å². The second-order valence-electron chi connectivity index (χ2n) is 6.43. The maximum atomic E-state index is 12.5. The minimum Gasteiger partial charge on any atom is -0.399 e. The van der Waals surface area contributed by atoms with Gasteiger partial charge in [-0.15, -0.1) is 0 Å². The molecule has 2 heteroatoms. The maximum absolute atomic E-state index is 12.5. The van der Waals surface area contributed by atoms with Crippen LogP contribution in [0, 0.1) is 0 Å². The lowest BCUT2D eigenvalue weighted by Crippen LogP contribution is -1.95. The topological polar surface area (TPSA) is 43.1 Å². The Bertz CT molecular complexity index is 1140. The highest BCUT2D eigenvalue weighted by atomic mass is 16.1. The molecule has 0 aromatic heterocycles. The zero-order valence-electron chi connectivity index (χ0n) is 14.8. The average molecular weight is 349 g/mol. The molecule has 0 aliphatic carbocycles. The van der Waals surface area contributed by atoms with Gasteiger partial charge in [0.05, 0.1) is 0 Å². The van der Waals surface area contributed by atoms with Crippen LogP contribution in [0.3, 0.4) is 0 Å². The van der Waals surface area contributed by atoms with Gasteiger partial charge in [0.25, 0.3) is 0 Å². The van der Waals surface area contributed by atoms with Crippen LogP contribution in [0.15, 0.2) is 97.1 Å². The van der Waals surface area contributed by atoms with Crippen LogP contribution in [0.5, 0.6) is 0 Å². The first-order valence-electron chi connectivity index (χ1n) is 8.87. The normalized spacial score (nSPS) is 11.1. The number of hydrogen-bond acceptors (Lipinski definition) is 2. The Morgan fingerprint density at radius 3 is 2.22 bits per heavy atom. The van der Waals surface area contributed by atoms with E-state index < -0.39 is 0 Å². The van der Waals surface area contributed by atoms with Crippen molar-refractivity contribution in [1.29, 1.82) is 0 Å². The Labute approximate surface area is 158 Å². The van der Waals surface area contributed by atoms with Crippen molar-refractivity contribution in [3.05, 3.63) is 108 Å². The van der Waals surface area contributed by atoms with Crippen LogP contribution in [0.4, 0.5) is 5.69 Å². The molecule has 2 N–H and O–H groups in total. The Morgan fingerprint density at radius 1 is 0.704 bits per heavy atom. The van der Waals surface area contributed by atoms with Crippen molar-refractivity contribution >= 4 is 28.3 Å². The zero-order chi connectivity index (χ0) is 18.6. The first kappa shape index (κ1) is 16.8. The van der Waals surface area contributed by atoms with Crippen molar-refractivity contribution < 1.29 is 4.79 Å². The van der Waals surface area contributed by atoms with Gasteiger partial charge in [-0.3, -0.25) is 4.79 Å². The van der Waals surface area contributed by atoms with Crippen LogP contribution in [0.2, 0.25) is 0 Å². The van der Waals surface area contributed by atoms with E-state index in [1.807, 2.05) is 30.3 Å². The van der Waals surface area contributed by atoms with Gasteiger partial charge in [0, 0.05) is 11.3 Å².